The number of carbonyl (C=O) groups excluding carboxylic acids is 1. The number of nitrogens with zero attached hydrogens (tertiary/aromatic N) is 2. The Kier molecular flexibility index (Phi) is 6.91. The second-order valence-corrected chi connectivity index (χ2v) is 6.70. The van der Waals surface area contributed by atoms with E-state index in [9.17, 15) is 4.79 Å². The first-order chi connectivity index (χ1) is 14.6. The molecule has 0 aliphatic heterocycles. The summed E-state index contributed by atoms with van der Waals surface area (Å²) in [5.41, 5.74) is 4.87. The highest BCUT2D eigenvalue weighted by molar-refractivity contribution is 6.02. The molecule has 0 radical (unpaired) electrons. The molecule has 0 bridgehead atoms. The number of benzene rings is 3. The van der Waals surface area contributed by atoms with Gasteiger partial charge in [0.25, 0.3) is 5.91 Å². The third-order valence-electron chi connectivity index (χ3n) is 5.03. The standard InChI is InChI=1S/C24H27N3O3/c1-5-27(6-2)20-12-11-19(22(15-20)29-3)16-25-26-24(28)21-13-17-9-7-8-10-18(17)14-23(21)30-4/h7-16H,5-6H2,1-4H3,(H,26,28). The fourth-order valence-electron chi connectivity index (χ4n) is 3.38. The summed E-state index contributed by atoms with van der Waals surface area (Å²) in [6.45, 7) is 6.05. The minimum absolute atomic E-state index is 0.340. The van der Waals surface area contributed by atoms with Gasteiger partial charge in [-0.25, -0.2) is 5.43 Å². The molecule has 0 aliphatic carbocycles. The number of hydrazone groups is 1. The molecular weight excluding hydrogens is 378 g/mol. The smallest absolute Gasteiger partial charge is 0.275 e. The van der Waals surface area contributed by atoms with Crippen LogP contribution in [0, 0.1) is 0 Å². The normalized spacial score (nSPS) is 10.9. The molecule has 6 nitrogen and oxygen atoms in total. The van der Waals surface area contributed by atoms with Crippen molar-refractivity contribution >= 4 is 28.6 Å². The molecule has 0 fully saturated rings. The predicted molar refractivity (Wildman–Crippen MR) is 122 cm³/mol. The van der Waals surface area contributed by atoms with Crippen LogP contribution in [0.1, 0.15) is 29.8 Å². The minimum atomic E-state index is -0.340. The number of carbonyl (C=O) groups is 1. The Balaban J connectivity index is 1.80. The summed E-state index contributed by atoms with van der Waals surface area (Å²) >= 11 is 0. The number of methoxy groups -OCH3 is 2. The lowest BCUT2D eigenvalue weighted by Gasteiger charge is -2.21. The molecule has 3 aromatic carbocycles. The number of hydrogen-bond donors (Lipinski definition) is 1. The maximum atomic E-state index is 12.7. The summed E-state index contributed by atoms with van der Waals surface area (Å²) < 4.78 is 10.9. The van der Waals surface area contributed by atoms with Crippen LogP contribution in [0.15, 0.2) is 59.7 Å². The Bertz CT molecular complexity index is 1060. The first-order valence-corrected chi connectivity index (χ1v) is 9.94. The van der Waals surface area contributed by atoms with Crippen LogP contribution in [-0.2, 0) is 0 Å². The fourth-order valence-corrected chi connectivity index (χ4v) is 3.38. The van der Waals surface area contributed by atoms with Crippen molar-refractivity contribution in [2.45, 2.75) is 13.8 Å². The van der Waals surface area contributed by atoms with Crippen molar-refractivity contribution in [3.8, 4) is 11.5 Å². The van der Waals surface area contributed by atoms with Gasteiger partial charge in [-0.2, -0.15) is 5.10 Å². The average Bonchev–Trinajstić information content (AvgIpc) is 2.79. The van der Waals surface area contributed by atoms with E-state index in [-0.39, 0.29) is 5.91 Å². The Labute approximate surface area is 177 Å². The Hall–Kier alpha value is -3.54. The number of rotatable bonds is 8. The van der Waals surface area contributed by atoms with Crippen LogP contribution in [-0.4, -0.2) is 39.4 Å². The van der Waals surface area contributed by atoms with E-state index in [1.807, 2.05) is 48.5 Å². The summed E-state index contributed by atoms with van der Waals surface area (Å²) in [4.78, 5) is 14.9. The fraction of sp³-hybridized carbons (Fsp3) is 0.250. The molecule has 0 saturated carbocycles. The van der Waals surface area contributed by atoms with Gasteiger partial charge in [0.1, 0.15) is 11.5 Å². The van der Waals surface area contributed by atoms with Crippen LogP contribution in [0.4, 0.5) is 5.69 Å². The third-order valence-corrected chi connectivity index (χ3v) is 5.03. The highest BCUT2D eigenvalue weighted by Crippen LogP contribution is 2.26. The van der Waals surface area contributed by atoms with Crippen molar-refractivity contribution in [1.29, 1.82) is 0 Å². The number of fused-ring (bicyclic) bond motifs is 1. The quantitative estimate of drug-likeness (QED) is 0.444. The molecule has 30 heavy (non-hydrogen) atoms. The van der Waals surface area contributed by atoms with E-state index < -0.39 is 0 Å². The van der Waals surface area contributed by atoms with E-state index in [1.165, 1.54) is 0 Å². The molecule has 0 aromatic heterocycles. The van der Waals surface area contributed by atoms with Crippen molar-refractivity contribution in [2.24, 2.45) is 5.10 Å². The van der Waals surface area contributed by atoms with Crippen LogP contribution in [0.2, 0.25) is 0 Å². The number of amides is 1. The van der Waals surface area contributed by atoms with E-state index in [0.29, 0.717) is 17.1 Å². The predicted octanol–water partition coefficient (Wildman–Crippen LogP) is 4.47. The number of hydrogen-bond acceptors (Lipinski definition) is 5. The highest BCUT2D eigenvalue weighted by atomic mass is 16.5. The van der Waals surface area contributed by atoms with Crippen molar-refractivity contribution in [3.05, 3.63) is 65.7 Å². The largest absolute Gasteiger partial charge is 0.496 e. The van der Waals surface area contributed by atoms with Gasteiger partial charge in [-0.05, 0) is 48.9 Å². The Morgan fingerprint density at radius 1 is 0.967 bits per heavy atom. The summed E-state index contributed by atoms with van der Waals surface area (Å²) in [6.07, 6.45) is 1.58. The minimum Gasteiger partial charge on any atom is -0.496 e. The van der Waals surface area contributed by atoms with Gasteiger partial charge in [0.15, 0.2) is 0 Å². The van der Waals surface area contributed by atoms with E-state index in [0.717, 1.165) is 35.1 Å². The monoisotopic (exact) mass is 405 g/mol. The SMILES string of the molecule is CCN(CC)c1ccc(C=NNC(=O)c2cc3ccccc3cc2OC)c(OC)c1. The highest BCUT2D eigenvalue weighted by Gasteiger charge is 2.13. The first kappa shape index (κ1) is 21.2. The van der Waals surface area contributed by atoms with Crippen molar-refractivity contribution < 1.29 is 14.3 Å². The zero-order valence-corrected chi connectivity index (χ0v) is 17.8. The molecule has 0 heterocycles. The van der Waals surface area contributed by atoms with Crippen LogP contribution < -0.4 is 19.8 Å². The van der Waals surface area contributed by atoms with Crippen LogP contribution >= 0.6 is 0 Å². The van der Waals surface area contributed by atoms with Crippen LogP contribution in [0.5, 0.6) is 11.5 Å². The van der Waals surface area contributed by atoms with Gasteiger partial charge in [-0.1, -0.05) is 24.3 Å². The lowest BCUT2D eigenvalue weighted by Crippen LogP contribution is -2.21. The maximum Gasteiger partial charge on any atom is 0.275 e. The zero-order chi connectivity index (χ0) is 21.5. The van der Waals surface area contributed by atoms with E-state index in [4.69, 9.17) is 9.47 Å². The van der Waals surface area contributed by atoms with Crippen molar-refractivity contribution in [2.75, 3.05) is 32.2 Å². The summed E-state index contributed by atoms with van der Waals surface area (Å²) in [6, 6.07) is 17.4. The molecule has 6 heteroatoms. The number of nitrogens with one attached hydrogen (secondary N) is 1. The van der Waals surface area contributed by atoms with Gasteiger partial charge >= 0.3 is 0 Å². The molecular formula is C24H27N3O3. The number of anilines is 1. The average molecular weight is 405 g/mol. The van der Waals surface area contributed by atoms with E-state index in [1.54, 1.807) is 26.5 Å². The lowest BCUT2D eigenvalue weighted by atomic mass is 10.1. The third kappa shape index (κ3) is 4.54. The van der Waals surface area contributed by atoms with Crippen LogP contribution in [0.25, 0.3) is 10.8 Å². The molecule has 0 spiro atoms. The van der Waals surface area contributed by atoms with Crippen LogP contribution in [0.3, 0.4) is 0 Å². The second-order valence-electron chi connectivity index (χ2n) is 6.70. The molecule has 1 N–H and O–H groups in total. The van der Waals surface area contributed by atoms with Gasteiger partial charge in [0.2, 0.25) is 0 Å². The summed E-state index contributed by atoms with van der Waals surface area (Å²) in [5, 5.41) is 6.09. The van der Waals surface area contributed by atoms with E-state index in [2.05, 4.69) is 29.3 Å². The topological polar surface area (TPSA) is 63.2 Å². The van der Waals surface area contributed by atoms with Crippen molar-refractivity contribution in [3.63, 3.8) is 0 Å². The van der Waals surface area contributed by atoms with Crippen molar-refractivity contribution in [1.82, 2.24) is 5.43 Å². The lowest BCUT2D eigenvalue weighted by molar-refractivity contribution is 0.0952. The van der Waals surface area contributed by atoms with Gasteiger partial charge in [-0.15, -0.1) is 0 Å². The molecule has 1 amide bonds. The molecule has 0 atom stereocenters. The van der Waals surface area contributed by atoms with Gasteiger partial charge in [0, 0.05) is 30.4 Å². The molecule has 3 rings (SSSR count). The molecule has 0 aliphatic rings. The number of ether oxygens (including phenoxy) is 2. The molecule has 0 unspecified atom stereocenters. The molecule has 156 valence electrons. The van der Waals surface area contributed by atoms with Gasteiger partial charge in [0.05, 0.1) is 26.0 Å². The first-order valence-electron chi connectivity index (χ1n) is 9.94. The second kappa shape index (κ2) is 9.78. The molecule has 3 aromatic rings. The summed E-state index contributed by atoms with van der Waals surface area (Å²) in [5.74, 6) is 0.857. The Morgan fingerprint density at radius 3 is 2.27 bits per heavy atom. The van der Waals surface area contributed by atoms with Gasteiger partial charge in [-0.3, -0.25) is 4.79 Å². The molecule has 0 saturated heterocycles. The van der Waals surface area contributed by atoms with E-state index >= 15 is 0 Å². The van der Waals surface area contributed by atoms with Gasteiger partial charge < -0.3 is 14.4 Å². The summed E-state index contributed by atoms with van der Waals surface area (Å²) in [7, 11) is 3.17. The maximum absolute atomic E-state index is 12.7. The zero-order valence-electron chi connectivity index (χ0n) is 17.8. The Morgan fingerprint density at radius 2 is 1.63 bits per heavy atom.